The quantitative estimate of drug-likeness (QED) is 0.603. The Kier molecular flexibility index (Phi) is 7.86. The van der Waals surface area contributed by atoms with Crippen LogP contribution in [-0.4, -0.2) is 46.8 Å². The van der Waals surface area contributed by atoms with Crippen molar-refractivity contribution in [3.8, 4) is 5.75 Å². The molecule has 2 aromatic rings. The van der Waals surface area contributed by atoms with Gasteiger partial charge in [0.15, 0.2) is 5.56 Å². The molecule has 0 saturated carbocycles. The van der Waals surface area contributed by atoms with Crippen LogP contribution in [0.2, 0.25) is 0 Å². The smallest absolute Gasteiger partial charge is 0.347 e. The highest BCUT2D eigenvalue weighted by Crippen LogP contribution is 2.29. The molecule has 0 atom stereocenters. The van der Waals surface area contributed by atoms with E-state index in [1.54, 1.807) is 23.6 Å². The number of nitrogens with zero attached hydrogens (tertiary/aromatic N) is 2. The highest BCUT2D eigenvalue weighted by atomic mass is 79.9. The van der Waals surface area contributed by atoms with E-state index in [2.05, 4.69) is 34.7 Å². The molecule has 1 N–H and O–H groups in total. The molecule has 27 heavy (non-hydrogen) atoms. The van der Waals surface area contributed by atoms with Crippen LogP contribution >= 0.6 is 15.9 Å². The highest BCUT2D eigenvalue weighted by Gasteiger charge is 2.23. The monoisotopic (exact) mass is 438 g/mol. The Morgan fingerprint density at radius 2 is 1.85 bits per heavy atom. The molecule has 0 saturated heterocycles. The predicted octanol–water partition coefficient (Wildman–Crippen LogP) is 3.77. The van der Waals surface area contributed by atoms with Crippen LogP contribution < -0.4 is 5.56 Å². The average molecular weight is 439 g/mol. The zero-order valence-electron chi connectivity index (χ0n) is 16.1. The third-order valence-electron chi connectivity index (χ3n) is 4.40. The Balaban J connectivity index is 2.56. The molecule has 148 valence electrons. The van der Waals surface area contributed by atoms with Gasteiger partial charge in [0.2, 0.25) is 0 Å². The first-order valence-electron chi connectivity index (χ1n) is 9.39. The largest absolute Gasteiger partial charge is 0.506 e. The number of hydrogen-bond donors (Lipinski definition) is 1. The maximum atomic E-state index is 13.0. The van der Waals surface area contributed by atoms with E-state index in [0.29, 0.717) is 24.0 Å². The van der Waals surface area contributed by atoms with Crippen molar-refractivity contribution < 1.29 is 14.6 Å². The lowest BCUT2D eigenvalue weighted by molar-refractivity contribution is 0.0520. The Bertz CT molecular complexity index is 857. The molecule has 1 aromatic heterocycles. The molecule has 7 heteroatoms. The highest BCUT2D eigenvalue weighted by molar-refractivity contribution is 9.10. The SMILES string of the molecule is CCCN(CCC)CCn1c(=O)c(C(=O)OCC)c(O)c2cc(Br)ccc21. The topological polar surface area (TPSA) is 71.8 Å². The fourth-order valence-electron chi connectivity index (χ4n) is 3.23. The molecule has 0 unspecified atom stereocenters. The molecule has 0 radical (unpaired) electrons. The van der Waals surface area contributed by atoms with Crippen LogP contribution in [0.4, 0.5) is 0 Å². The minimum absolute atomic E-state index is 0.134. The van der Waals surface area contributed by atoms with Crippen LogP contribution in [0.5, 0.6) is 5.75 Å². The number of halogens is 1. The molecule has 0 aliphatic heterocycles. The summed E-state index contributed by atoms with van der Waals surface area (Å²) in [7, 11) is 0. The molecule has 2 rings (SSSR count). The molecule has 0 aliphatic rings. The first-order chi connectivity index (χ1) is 12.9. The number of carbonyl (C=O) groups excluding carboxylic acids is 1. The Morgan fingerprint density at radius 1 is 1.19 bits per heavy atom. The Morgan fingerprint density at radius 3 is 2.44 bits per heavy atom. The Labute approximate surface area is 167 Å². The molecule has 0 bridgehead atoms. The fourth-order valence-corrected chi connectivity index (χ4v) is 3.59. The number of carbonyl (C=O) groups is 1. The minimum atomic E-state index is -0.797. The van der Waals surface area contributed by atoms with Gasteiger partial charge in [-0.3, -0.25) is 4.79 Å². The first-order valence-corrected chi connectivity index (χ1v) is 10.2. The molecule has 0 spiro atoms. The van der Waals surface area contributed by atoms with Crippen LogP contribution in [0.1, 0.15) is 44.0 Å². The van der Waals surface area contributed by atoms with Crippen molar-refractivity contribution in [2.24, 2.45) is 0 Å². The summed E-state index contributed by atoms with van der Waals surface area (Å²) in [5.41, 5.74) is -0.226. The van der Waals surface area contributed by atoms with Crippen molar-refractivity contribution in [1.29, 1.82) is 0 Å². The van der Waals surface area contributed by atoms with Gasteiger partial charge in [0, 0.05) is 22.9 Å². The van der Waals surface area contributed by atoms with E-state index in [1.807, 2.05) is 6.07 Å². The predicted molar refractivity (Wildman–Crippen MR) is 111 cm³/mol. The van der Waals surface area contributed by atoms with Gasteiger partial charge in [-0.2, -0.15) is 0 Å². The number of aromatic nitrogens is 1. The summed E-state index contributed by atoms with van der Waals surface area (Å²) >= 11 is 3.38. The molecule has 0 amide bonds. The van der Waals surface area contributed by atoms with Crippen LogP contribution in [0.15, 0.2) is 27.5 Å². The third kappa shape index (κ3) is 4.90. The number of ether oxygens (including phenoxy) is 1. The van der Waals surface area contributed by atoms with Crippen LogP contribution in [-0.2, 0) is 11.3 Å². The standard InChI is InChI=1S/C20H27BrN2O4/c1-4-9-22(10-5-2)11-12-23-16-8-7-14(21)13-15(16)18(24)17(19(23)25)20(26)27-6-3/h7-8,13,24H,4-6,9-12H2,1-3H3. The van der Waals surface area contributed by atoms with Gasteiger partial charge in [0.1, 0.15) is 5.75 Å². The molecular formula is C20H27BrN2O4. The van der Waals surface area contributed by atoms with Crippen molar-refractivity contribution >= 4 is 32.8 Å². The summed E-state index contributed by atoms with van der Waals surface area (Å²) in [6.07, 6.45) is 2.07. The average Bonchev–Trinajstić information content (AvgIpc) is 2.62. The van der Waals surface area contributed by atoms with Gasteiger partial charge in [-0.25, -0.2) is 4.79 Å². The van der Waals surface area contributed by atoms with E-state index < -0.39 is 11.5 Å². The van der Waals surface area contributed by atoms with E-state index in [9.17, 15) is 14.7 Å². The zero-order chi connectivity index (χ0) is 20.0. The summed E-state index contributed by atoms with van der Waals surface area (Å²) in [5, 5.41) is 11.0. The second kappa shape index (κ2) is 9.90. The van der Waals surface area contributed by atoms with E-state index in [4.69, 9.17) is 4.74 Å². The van der Waals surface area contributed by atoms with E-state index >= 15 is 0 Å². The number of fused-ring (bicyclic) bond motifs is 1. The summed E-state index contributed by atoms with van der Waals surface area (Å²) in [4.78, 5) is 27.6. The van der Waals surface area contributed by atoms with Crippen molar-refractivity contribution in [3.05, 3.63) is 38.6 Å². The lowest BCUT2D eigenvalue weighted by atomic mass is 10.1. The molecule has 1 heterocycles. The van der Waals surface area contributed by atoms with Crippen LogP contribution in [0, 0.1) is 0 Å². The van der Waals surface area contributed by atoms with Gasteiger partial charge in [0.25, 0.3) is 5.56 Å². The number of benzene rings is 1. The first kappa shape index (κ1) is 21.4. The number of pyridine rings is 1. The van der Waals surface area contributed by atoms with Gasteiger partial charge >= 0.3 is 5.97 Å². The van der Waals surface area contributed by atoms with Gasteiger partial charge in [0.05, 0.1) is 12.1 Å². The minimum Gasteiger partial charge on any atom is -0.506 e. The lowest BCUT2D eigenvalue weighted by Gasteiger charge is -2.22. The van der Waals surface area contributed by atoms with Crippen molar-refractivity contribution in [2.75, 3.05) is 26.2 Å². The van der Waals surface area contributed by atoms with Gasteiger partial charge in [-0.1, -0.05) is 29.8 Å². The van der Waals surface area contributed by atoms with Crippen molar-refractivity contribution in [2.45, 2.75) is 40.2 Å². The van der Waals surface area contributed by atoms with Gasteiger partial charge in [-0.05, 0) is 51.1 Å². The second-order valence-corrected chi connectivity index (χ2v) is 7.32. The van der Waals surface area contributed by atoms with Crippen LogP contribution in [0.3, 0.4) is 0 Å². The number of aromatic hydroxyl groups is 1. The second-order valence-electron chi connectivity index (χ2n) is 6.40. The van der Waals surface area contributed by atoms with Gasteiger partial charge in [-0.15, -0.1) is 0 Å². The normalized spacial score (nSPS) is 11.3. The molecular weight excluding hydrogens is 412 g/mol. The van der Waals surface area contributed by atoms with Crippen LogP contribution in [0.25, 0.3) is 10.9 Å². The summed E-state index contributed by atoms with van der Waals surface area (Å²) < 4.78 is 7.31. The van der Waals surface area contributed by atoms with E-state index in [1.165, 1.54) is 0 Å². The zero-order valence-corrected chi connectivity index (χ0v) is 17.7. The Hall–Kier alpha value is -1.86. The van der Waals surface area contributed by atoms with E-state index in [0.717, 1.165) is 30.4 Å². The van der Waals surface area contributed by atoms with Crippen molar-refractivity contribution in [3.63, 3.8) is 0 Å². The summed E-state index contributed by atoms with van der Waals surface area (Å²) in [6, 6.07) is 5.30. The number of hydrogen-bond acceptors (Lipinski definition) is 5. The maximum absolute atomic E-state index is 13.0. The molecule has 1 aromatic carbocycles. The molecule has 0 fully saturated rings. The van der Waals surface area contributed by atoms with Crippen molar-refractivity contribution in [1.82, 2.24) is 9.47 Å². The summed E-state index contributed by atoms with van der Waals surface area (Å²) in [5.74, 6) is -1.13. The fraction of sp³-hybridized carbons (Fsp3) is 0.500. The third-order valence-corrected chi connectivity index (χ3v) is 4.89. The lowest BCUT2D eigenvalue weighted by Crippen LogP contribution is -2.34. The maximum Gasteiger partial charge on any atom is 0.347 e. The molecule has 6 nitrogen and oxygen atoms in total. The van der Waals surface area contributed by atoms with Gasteiger partial charge < -0.3 is 19.3 Å². The number of esters is 1. The van der Waals surface area contributed by atoms with E-state index in [-0.39, 0.29) is 17.9 Å². The summed E-state index contributed by atoms with van der Waals surface area (Å²) in [6.45, 7) is 9.09. The number of rotatable bonds is 9. The molecule has 0 aliphatic carbocycles.